The van der Waals surface area contributed by atoms with Gasteiger partial charge < -0.3 is 14.4 Å². The third-order valence-corrected chi connectivity index (χ3v) is 6.21. The zero-order valence-corrected chi connectivity index (χ0v) is 17.5. The van der Waals surface area contributed by atoms with Crippen LogP contribution in [0, 0.1) is 0 Å². The van der Waals surface area contributed by atoms with Gasteiger partial charge in [0.05, 0.1) is 18.3 Å². The van der Waals surface area contributed by atoms with E-state index in [1.807, 2.05) is 33.8 Å². The largest absolute Gasteiger partial charge is 0.486 e. The Kier molecular flexibility index (Phi) is 6.53. The second kappa shape index (κ2) is 9.47. The molecule has 0 N–H and O–H groups in total. The minimum Gasteiger partial charge on any atom is -0.486 e. The van der Waals surface area contributed by atoms with Gasteiger partial charge in [0, 0.05) is 6.54 Å². The fourth-order valence-electron chi connectivity index (χ4n) is 3.86. The molecule has 0 saturated heterocycles. The van der Waals surface area contributed by atoms with Crippen molar-refractivity contribution in [3.05, 3.63) is 24.3 Å². The summed E-state index contributed by atoms with van der Waals surface area (Å²) in [5, 5.41) is 12.8. The lowest BCUT2D eigenvalue weighted by atomic mass is 10.2. The van der Waals surface area contributed by atoms with Crippen molar-refractivity contribution >= 4 is 17.7 Å². The Labute approximate surface area is 174 Å². The van der Waals surface area contributed by atoms with Crippen molar-refractivity contribution < 1.29 is 14.3 Å². The molecule has 1 fully saturated rings. The van der Waals surface area contributed by atoms with E-state index in [0.717, 1.165) is 35.9 Å². The number of hydrogen-bond acceptors (Lipinski definition) is 7. The zero-order valence-electron chi connectivity index (χ0n) is 16.7. The molecule has 0 radical (unpaired) electrons. The number of aromatic nitrogens is 4. The van der Waals surface area contributed by atoms with Gasteiger partial charge in [-0.05, 0) is 41.8 Å². The van der Waals surface area contributed by atoms with E-state index in [1.165, 1.54) is 24.6 Å². The average Bonchev–Trinajstić information content (AvgIpc) is 3.43. The van der Waals surface area contributed by atoms with E-state index in [9.17, 15) is 4.79 Å². The first kappa shape index (κ1) is 20.0. The third-order valence-electron chi connectivity index (χ3n) is 5.30. The van der Waals surface area contributed by atoms with Crippen molar-refractivity contribution in [1.82, 2.24) is 25.1 Å². The topological polar surface area (TPSA) is 82.4 Å². The number of para-hydroxylation sites is 2. The van der Waals surface area contributed by atoms with Crippen molar-refractivity contribution in [3.63, 3.8) is 0 Å². The Morgan fingerprint density at radius 3 is 2.86 bits per heavy atom. The smallest absolute Gasteiger partial charge is 0.233 e. The molecular weight excluding hydrogens is 390 g/mol. The predicted molar refractivity (Wildman–Crippen MR) is 109 cm³/mol. The number of benzene rings is 1. The Balaban J connectivity index is 1.34. The van der Waals surface area contributed by atoms with Gasteiger partial charge in [0.25, 0.3) is 0 Å². The molecule has 1 unspecified atom stereocenters. The summed E-state index contributed by atoms with van der Waals surface area (Å²) in [5.41, 5.74) is 0. The first-order chi connectivity index (χ1) is 14.2. The van der Waals surface area contributed by atoms with Gasteiger partial charge >= 0.3 is 0 Å². The minimum atomic E-state index is -0.172. The maximum Gasteiger partial charge on any atom is 0.233 e. The summed E-state index contributed by atoms with van der Waals surface area (Å²) in [6.07, 6.45) is 5.35. The fourth-order valence-corrected chi connectivity index (χ4v) is 4.71. The van der Waals surface area contributed by atoms with Gasteiger partial charge in [0.15, 0.2) is 17.6 Å². The van der Waals surface area contributed by atoms with Gasteiger partial charge in [-0.1, -0.05) is 43.7 Å². The Hall–Kier alpha value is -2.29. The molecule has 0 spiro atoms. The highest BCUT2D eigenvalue weighted by Gasteiger charge is 2.26. The summed E-state index contributed by atoms with van der Waals surface area (Å²) in [7, 11) is 0. The molecule has 0 bridgehead atoms. The number of carbonyl (C=O) groups excluding carboxylic acids is 1. The van der Waals surface area contributed by atoms with Crippen LogP contribution in [0.1, 0.15) is 45.1 Å². The molecule has 2 aromatic rings. The summed E-state index contributed by atoms with van der Waals surface area (Å²) in [6.45, 7) is 3.71. The number of tetrazole rings is 1. The lowest BCUT2D eigenvalue weighted by Gasteiger charge is -2.31. The Morgan fingerprint density at radius 2 is 2.07 bits per heavy atom. The number of ether oxygens (including phenoxy) is 2. The monoisotopic (exact) mass is 417 g/mol. The number of thioether (sulfide) groups is 1. The molecule has 156 valence electrons. The van der Waals surface area contributed by atoms with Crippen LogP contribution in [-0.4, -0.2) is 62.6 Å². The van der Waals surface area contributed by atoms with Gasteiger partial charge in [-0.3, -0.25) is 4.79 Å². The molecule has 8 nitrogen and oxygen atoms in total. The molecule has 1 atom stereocenters. The van der Waals surface area contributed by atoms with Crippen LogP contribution in [0.2, 0.25) is 0 Å². The maximum absolute atomic E-state index is 12.9. The van der Waals surface area contributed by atoms with Gasteiger partial charge in [-0.15, -0.1) is 5.10 Å². The maximum atomic E-state index is 12.9. The lowest BCUT2D eigenvalue weighted by molar-refractivity contribution is -0.130. The third kappa shape index (κ3) is 4.83. The lowest BCUT2D eigenvalue weighted by Crippen LogP contribution is -2.44. The van der Waals surface area contributed by atoms with Crippen LogP contribution in [-0.2, 0) is 4.79 Å². The van der Waals surface area contributed by atoms with Crippen molar-refractivity contribution in [2.75, 3.05) is 25.4 Å². The quantitative estimate of drug-likeness (QED) is 0.611. The number of fused-ring (bicyclic) bond motifs is 1. The first-order valence-corrected chi connectivity index (χ1v) is 11.3. The highest BCUT2D eigenvalue weighted by atomic mass is 32.2. The van der Waals surface area contributed by atoms with Gasteiger partial charge in [-0.25, -0.2) is 4.68 Å². The normalized spacial score (nSPS) is 18.7. The molecule has 4 rings (SSSR count). The van der Waals surface area contributed by atoms with Crippen LogP contribution in [0.4, 0.5) is 0 Å². The summed E-state index contributed by atoms with van der Waals surface area (Å²) in [4.78, 5) is 14.8. The minimum absolute atomic E-state index is 0.0697. The van der Waals surface area contributed by atoms with Crippen molar-refractivity contribution in [2.45, 2.75) is 56.3 Å². The number of nitrogens with zero attached hydrogens (tertiary/aromatic N) is 5. The van der Waals surface area contributed by atoms with Crippen molar-refractivity contribution in [1.29, 1.82) is 0 Å². The Morgan fingerprint density at radius 1 is 1.28 bits per heavy atom. The number of carbonyl (C=O) groups is 1. The molecule has 2 heterocycles. The molecule has 2 aliphatic rings. The second-order valence-electron chi connectivity index (χ2n) is 7.47. The highest BCUT2D eigenvalue weighted by Crippen LogP contribution is 2.32. The zero-order chi connectivity index (χ0) is 20.1. The summed E-state index contributed by atoms with van der Waals surface area (Å²) in [5.74, 6) is 1.88. The number of amides is 1. The van der Waals surface area contributed by atoms with Crippen molar-refractivity contribution in [2.24, 2.45) is 0 Å². The van der Waals surface area contributed by atoms with E-state index in [1.54, 1.807) is 0 Å². The Bertz CT molecular complexity index is 824. The molecule has 1 aliphatic heterocycles. The van der Waals surface area contributed by atoms with Crippen LogP contribution in [0.3, 0.4) is 0 Å². The molecule has 29 heavy (non-hydrogen) atoms. The summed E-state index contributed by atoms with van der Waals surface area (Å²) < 4.78 is 13.7. The van der Waals surface area contributed by atoms with Crippen LogP contribution in [0.25, 0.3) is 0 Å². The fraction of sp³-hybridized carbons (Fsp3) is 0.600. The molecule has 1 aliphatic carbocycles. The predicted octanol–water partition coefficient (Wildman–Crippen LogP) is 2.96. The van der Waals surface area contributed by atoms with E-state index < -0.39 is 0 Å². The molecule has 9 heteroatoms. The van der Waals surface area contributed by atoms with E-state index >= 15 is 0 Å². The second-order valence-corrected chi connectivity index (χ2v) is 8.41. The SMILES string of the molecule is CCCN(CC1COc2ccccc2O1)C(=O)CSc1nnnn1C1CCCC1. The van der Waals surface area contributed by atoms with E-state index in [-0.39, 0.29) is 12.0 Å². The van der Waals surface area contributed by atoms with Gasteiger partial charge in [0.1, 0.15) is 6.61 Å². The van der Waals surface area contributed by atoms with Crippen LogP contribution >= 0.6 is 11.8 Å². The summed E-state index contributed by atoms with van der Waals surface area (Å²) >= 11 is 1.42. The van der Waals surface area contributed by atoms with E-state index in [4.69, 9.17) is 9.47 Å². The van der Waals surface area contributed by atoms with Crippen LogP contribution in [0.15, 0.2) is 29.4 Å². The van der Waals surface area contributed by atoms with Crippen LogP contribution < -0.4 is 9.47 Å². The molecular formula is C20H27N5O3S. The average molecular weight is 418 g/mol. The van der Waals surface area contributed by atoms with Crippen LogP contribution in [0.5, 0.6) is 11.5 Å². The molecule has 1 amide bonds. The first-order valence-electron chi connectivity index (χ1n) is 10.3. The number of hydrogen-bond donors (Lipinski definition) is 0. The molecule has 1 aromatic heterocycles. The van der Waals surface area contributed by atoms with Gasteiger partial charge in [-0.2, -0.15) is 0 Å². The molecule has 1 aromatic carbocycles. The number of rotatable bonds is 8. The standard InChI is InChI=1S/C20H27N5O3S/c1-2-11-24(12-16-13-27-17-9-5-6-10-18(17)28-16)19(26)14-29-20-21-22-23-25(20)15-7-3-4-8-15/h5-6,9-10,15-16H,2-4,7-8,11-14H2,1H3. The van der Waals surface area contributed by atoms with Gasteiger partial charge in [0.2, 0.25) is 11.1 Å². The van der Waals surface area contributed by atoms with E-state index in [2.05, 4.69) is 22.4 Å². The highest BCUT2D eigenvalue weighted by molar-refractivity contribution is 7.99. The van der Waals surface area contributed by atoms with Crippen molar-refractivity contribution in [3.8, 4) is 11.5 Å². The van der Waals surface area contributed by atoms with E-state index in [0.29, 0.717) is 31.5 Å². The molecule has 1 saturated carbocycles. The summed E-state index contributed by atoms with van der Waals surface area (Å²) in [6, 6.07) is 8.00.